The number of hydrogen-bond donors (Lipinski definition) is 3. The van der Waals surface area contributed by atoms with Crippen molar-refractivity contribution in [2.24, 2.45) is 11.5 Å². The van der Waals surface area contributed by atoms with Crippen LogP contribution in [0.2, 0.25) is 0 Å². The van der Waals surface area contributed by atoms with Gasteiger partial charge in [0.25, 0.3) is 0 Å². The molecule has 4 aromatic rings. The second-order valence-electron chi connectivity index (χ2n) is 14.0. The largest absolute Gasteiger partial charge is 0.481 e. The maximum absolute atomic E-state index is 14.8. The standard InChI is InChI=1S/C43H53N4O8P/c1-3-5-24-54-56(52,55-25-6-4-2)30-53-37-21-18-31(19-22-37)20-23-38-40(48)39(34-14-8-7-9-15-34)47(29-33-13-11-17-36(27-33)42(45)50)43(51)46(38)28-32-12-10-16-35(26-32)41(44)49/h7-19,21-22,26-27,38-40,48H,3-6,20,23-25,28-30H2,1-2H3,(H2,44,49)(H2,45,50)/t38-,39?,40-/m1/s1. The number of nitrogens with zero attached hydrogens (tertiary/aromatic N) is 2. The van der Waals surface area contributed by atoms with E-state index in [0.29, 0.717) is 54.1 Å². The molecule has 0 aromatic heterocycles. The van der Waals surface area contributed by atoms with Crippen LogP contribution >= 0.6 is 7.60 Å². The van der Waals surface area contributed by atoms with Crippen molar-refractivity contribution < 1.29 is 37.8 Å². The second-order valence-corrected chi connectivity index (χ2v) is 16.0. The Labute approximate surface area is 329 Å². The summed E-state index contributed by atoms with van der Waals surface area (Å²) >= 11 is 0. The first-order chi connectivity index (χ1) is 27.0. The summed E-state index contributed by atoms with van der Waals surface area (Å²) in [7, 11) is -3.45. The molecule has 3 atom stereocenters. The van der Waals surface area contributed by atoms with E-state index in [1.807, 2.05) is 68.4 Å². The monoisotopic (exact) mass is 784 g/mol. The lowest BCUT2D eigenvalue weighted by Crippen LogP contribution is -2.61. The van der Waals surface area contributed by atoms with Crippen molar-refractivity contribution in [3.8, 4) is 5.75 Å². The number of amides is 4. The number of aryl methyl sites for hydroxylation is 1. The van der Waals surface area contributed by atoms with Crippen LogP contribution in [0.15, 0.2) is 103 Å². The van der Waals surface area contributed by atoms with Gasteiger partial charge in [0.05, 0.1) is 31.4 Å². The van der Waals surface area contributed by atoms with E-state index in [0.717, 1.165) is 36.8 Å². The maximum Gasteiger partial charge on any atom is 0.367 e. The molecule has 5 N–H and O–H groups in total. The molecule has 1 aliphatic heterocycles. The number of ether oxygens (including phenoxy) is 1. The van der Waals surface area contributed by atoms with Gasteiger partial charge in [-0.2, -0.15) is 0 Å². The number of benzene rings is 4. The fraction of sp³-hybridized carbons (Fsp3) is 0.372. The lowest BCUT2D eigenvalue weighted by Gasteiger charge is -2.49. The zero-order valence-corrected chi connectivity index (χ0v) is 33.0. The molecule has 4 aromatic carbocycles. The predicted molar refractivity (Wildman–Crippen MR) is 215 cm³/mol. The summed E-state index contributed by atoms with van der Waals surface area (Å²) in [6, 6.07) is 28.7. The van der Waals surface area contributed by atoms with Gasteiger partial charge in [-0.3, -0.25) is 14.2 Å². The smallest absolute Gasteiger partial charge is 0.367 e. The van der Waals surface area contributed by atoms with E-state index in [1.165, 1.54) is 0 Å². The van der Waals surface area contributed by atoms with E-state index in [1.54, 1.807) is 58.3 Å². The van der Waals surface area contributed by atoms with Gasteiger partial charge in [-0.25, -0.2) is 4.79 Å². The molecule has 1 aliphatic rings. The highest BCUT2D eigenvalue weighted by Gasteiger charge is 2.46. The van der Waals surface area contributed by atoms with Crippen LogP contribution in [-0.2, 0) is 33.1 Å². The first-order valence-electron chi connectivity index (χ1n) is 19.2. The normalized spacial score (nSPS) is 17.2. The summed E-state index contributed by atoms with van der Waals surface area (Å²) < 4.78 is 30.6. The number of urea groups is 1. The van der Waals surface area contributed by atoms with Crippen molar-refractivity contribution >= 4 is 25.4 Å². The molecule has 298 valence electrons. The molecule has 13 heteroatoms. The average molecular weight is 785 g/mol. The molecule has 0 aliphatic carbocycles. The van der Waals surface area contributed by atoms with E-state index in [9.17, 15) is 24.1 Å². The third-order valence-corrected chi connectivity index (χ3v) is 11.4. The van der Waals surface area contributed by atoms with Crippen molar-refractivity contribution in [3.05, 3.63) is 137 Å². The molecule has 12 nitrogen and oxygen atoms in total. The number of nitrogens with two attached hydrogens (primary N) is 2. The number of primary amides is 2. The number of carbonyl (C=O) groups is 3. The highest BCUT2D eigenvalue weighted by Crippen LogP contribution is 2.48. The number of carbonyl (C=O) groups excluding carboxylic acids is 3. The number of aliphatic hydroxyl groups is 1. The predicted octanol–water partition coefficient (Wildman–Crippen LogP) is 7.59. The lowest BCUT2D eigenvalue weighted by molar-refractivity contribution is -0.0469. The van der Waals surface area contributed by atoms with E-state index < -0.39 is 37.6 Å². The summed E-state index contributed by atoms with van der Waals surface area (Å²) in [5.41, 5.74) is 14.8. The number of aliphatic hydroxyl groups excluding tert-OH is 1. The zero-order valence-electron chi connectivity index (χ0n) is 32.1. The fourth-order valence-corrected chi connectivity index (χ4v) is 8.12. The fourth-order valence-electron chi connectivity index (χ4n) is 6.78. The Morgan fingerprint density at radius 3 is 1.82 bits per heavy atom. The van der Waals surface area contributed by atoms with Crippen LogP contribution in [0.1, 0.15) is 95.0 Å². The summed E-state index contributed by atoms with van der Waals surface area (Å²) in [4.78, 5) is 42.1. The van der Waals surface area contributed by atoms with Gasteiger partial charge in [-0.15, -0.1) is 0 Å². The molecule has 4 amide bonds. The minimum Gasteiger partial charge on any atom is -0.481 e. The van der Waals surface area contributed by atoms with Crippen LogP contribution in [0.5, 0.6) is 5.75 Å². The minimum atomic E-state index is -3.45. The van der Waals surface area contributed by atoms with E-state index in [2.05, 4.69) is 0 Å². The topological polar surface area (TPSA) is 175 Å². The summed E-state index contributed by atoms with van der Waals surface area (Å²) in [6.07, 6.45) is 3.02. The van der Waals surface area contributed by atoms with E-state index >= 15 is 0 Å². The molecular formula is C43H53N4O8P. The number of rotatable bonds is 21. The highest BCUT2D eigenvalue weighted by atomic mass is 31.2. The highest BCUT2D eigenvalue weighted by molar-refractivity contribution is 7.53. The van der Waals surface area contributed by atoms with E-state index in [-0.39, 0.29) is 25.5 Å². The minimum absolute atomic E-state index is 0.100. The Hall–Kier alpha value is -5.00. The first-order valence-corrected chi connectivity index (χ1v) is 20.9. The lowest BCUT2D eigenvalue weighted by atomic mass is 9.87. The molecule has 56 heavy (non-hydrogen) atoms. The van der Waals surface area contributed by atoms with Gasteiger partial charge >= 0.3 is 13.6 Å². The molecule has 1 heterocycles. The third kappa shape index (κ3) is 11.3. The number of hydrogen-bond acceptors (Lipinski definition) is 8. The van der Waals surface area contributed by atoms with Crippen LogP contribution in [0, 0.1) is 0 Å². The maximum atomic E-state index is 14.8. The second kappa shape index (κ2) is 20.2. The molecule has 5 rings (SSSR count). The quantitative estimate of drug-likeness (QED) is 0.0572. The van der Waals surface area contributed by atoms with Crippen LogP contribution in [0.25, 0.3) is 0 Å². The van der Waals surface area contributed by atoms with Crippen molar-refractivity contribution in [2.75, 3.05) is 19.6 Å². The Morgan fingerprint density at radius 1 is 0.732 bits per heavy atom. The first kappa shape index (κ1) is 42.1. The summed E-state index contributed by atoms with van der Waals surface area (Å²) in [5.74, 6) is -0.659. The van der Waals surface area contributed by atoms with Crippen LogP contribution in [0.3, 0.4) is 0 Å². The van der Waals surface area contributed by atoms with Crippen molar-refractivity contribution in [2.45, 2.75) is 83.6 Å². The SMILES string of the molecule is CCCCOP(=O)(COc1ccc(CC[C@@H]2[C@@H](O)C(c3ccccc3)N(Cc3cccc(C(N)=O)c3)C(=O)N2Cc2cccc(C(N)=O)c2)cc1)OCCCC. The van der Waals surface area contributed by atoms with Gasteiger partial charge < -0.3 is 40.2 Å². The molecule has 0 radical (unpaired) electrons. The van der Waals surface area contributed by atoms with Gasteiger partial charge in [-0.05, 0) is 84.3 Å². The van der Waals surface area contributed by atoms with Crippen LogP contribution in [-0.4, -0.2) is 64.5 Å². The molecular weight excluding hydrogens is 731 g/mol. The summed E-state index contributed by atoms with van der Waals surface area (Å²) in [5, 5.41) is 12.4. The molecule has 1 unspecified atom stereocenters. The molecule has 0 saturated carbocycles. The van der Waals surface area contributed by atoms with Gasteiger partial charge in [0, 0.05) is 24.2 Å². The van der Waals surface area contributed by atoms with Crippen molar-refractivity contribution in [3.63, 3.8) is 0 Å². The third-order valence-electron chi connectivity index (χ3n) is 9.83. The molecule has 1 saturated heterocycles. The van der Waals surface area contributed by atoms with Gasteiger partial charge in [0.15, 0.2) is 6.35 Å². The van der Waals surface area contributed by atoms with Crippen molar-refractivity contribution in [1.82, 2.24) is 9.80 Å². The van der Waals surface area contributed by atoms with Crippen LogP contribution in [0.4, 0.5) is 4.79 Å². The summed E-state index contributed by atoms with van der Waals surface area (Å²) in [6.45, 7) is 4.93. The van der Waals surface area contributed by atoms with Gasteiger partial charge in [0.1, 0.15) is 5.75 Å². The molecule has 0 bridgehead atoms. The number of unbranched alkanes of at least 4 members (excludes halogenated alkanes) is 2. The Bertz CT molecular complexity index is 1950. The molecule has 0 spiro atoms. The van der Waals surface area contributed by atoms with Crippen LogP contribution < -0.4 is 16.2 Å². The van der Waals surface area contributed by atoms with Gasteiger partial charge in [-0.1, -0.05) is 93.4 Å². The Balaban J connectivity index is 1.40. The Morgan fingerprint density at radius 2 is 1.29 bits per heavy atom. The zero-order chi connectivity index (χ0) is 40.1. The van der Waals surface area contributed by atoms with Crippen molar-refractivity contribution in [1.29, 1.82) is 0 Å². The average Bonchev–Trinajstić information content (AvgIpc) is 3.20. The van der Waals surface area contributed by atoms with E-state index in [4.69, 9.17) is 25.3 Å². The van der Waals surface area contributed by atoms with Gasteiger partial charge in [0.2, 0.25) is 11.8 Å². The molecule has 1 fully saturated rings. The Kier molecular flexibility index (Phi) is 15.2.